The summed E-state index contributed by atoms with van der Waals surface area (Å²) in [5, 5.41) is 0. The van der Waals surface area contributed by atoms with Crippen molar-refractivity contribution in [3.05, 3.63) is 0 Å². The molecule has 0 spiro atoms. The van der Waals surface area contributed by atoms with Gasteiger partial charge >= 0.3 is 0 Å². The molecule has 0 saturated carbocycles. The summed E-state index contributed by atoms with van der Waals surface area (Å²) >= 11 is 3.70. The summed E-state index contributed by atoms with van der Waals surface area (Å²) < 4.78 is 11.1. The second-order valence-electron chi connectivity index (χ2n) is 5.73. The van der Waals surface area contributed by atoms with Gasteiger partial charge in [0, 0.05) is 6.42 Å². The van der Waals surface area contributed by atoms with E-state index in [1.165, 1.54) is 25.5 Å². The van der Waals surface area contributed by atoms with Gasteiger partial charge in [-0.2, -0.15) is 0 Å². The van der Waals surface area contributed by atoms with Crippen LogP contribution in [0.2, 0.25) is 0 Å². The molecule has 0 aliphatic carbocycles. The number of carbonyl (C=O) groups is 1. The third kappa shape index (κ3) is 4.93. The van der Waals surface area contributed by atoms with Crippen molar-refractivity contribution >= 4 is 29.8 Å². The Morgan fingerprint density at radius 1 is 1.00 bits per heavy atom. The number of ether oxygens (including phenoxy) is 2. The fourth-order valence-electron chi connectivity index (χ4n) is 2.73. The molecule has 3 nitrogen and oxygen atoms in total. The summed E-state index contributed by atoms with van der Waals surface area (Å²) in [6.07, 6.45) is 9.12. The highest BCUT2D eigenvalue weighted by Crippen LogP contribution is 2.44. The van der Waals surface area contributed by atoms with E-state index in [-0.39, 0.29) is 9.87 Å². The van der Waals surface area contributed by atoms with Gasteiger partial charge in [-0.1, -0.05) is 19.3 Å². The zero-order valence-corrected chi connectivity index (χ0v) is 14.0. The Morgan fingerprint density at radius 2 is 1.60 bits per heavy atom. The molecule has 2 saturated heterocycles. The van der Waals surface area contributed by atoms with Crippen LogP contribution in [0, 0.1) is 0 Å². The monoisotopic (exact) mass is 318 g/mol. The van der Waals surface area contributed by atoms with E-state index in [1.807, 2.05) is 30.4 Å². The van der Waals surface area contributed by atoms with Gasteiger partial charge in [-0.3, -0.25) is 0 Å². The van der Waals surface area contributed by atoms with E-state index < -0.39 is 0 Å². The summed E-state index contributed by atoms with van der Waals surface area (Å²) in [5.41, 5.74) is 0. The third-order valence-electron chi connectivity index (χ3n) is 3.97. The van der Waals surface area contributed by atoms with Crippen LogP contribution in [0.4, 0.5) is 0 Å². The summed E-state index contributed by atoms with van der Waals surface area (Å²) in [4.78, 5) is 11.3. The van der Waals surface area contributed by atoms with E-state index in [1.54, 1.807) is 0 Å². The van der Waals surface area contributed by atoms with Gasteiger partial charge in [0.25, 0.3) is 0 Å². The molecule has 2 aliphatic heterocycles. The maximum Gasteiger partial charge on any atom is 0.165 e. The van der Waals surface area contributed by atoms with Crippen LogP contribution in [0.25, 0.3) is 0 Å². The van der Waals surface area contributed by atoms with E-state index in [9.17, 15) is 4.79 Å². The average molecular weight is 319 g/mol. The average Bonchev–Trinajstić information content (AvgIpc) is 2.91. The van der Waals surface area contributed by atoms with Crippen LogP contribution in [0.3, 0.4) is 0 Å². The molecule has 0 amide bonds. The number of unbranched alkanes of at least 4 members (excludes halogenated alkanes) is 3. The van der Waals surface area contributed by atoms with Gasteiger partial charge < -0.3 is 14.3 Å². The number of aldehydes is 1. The molecule has 2 rings (SSSR count). The zero-order valence-electron chi connectivity index (χ0n) is 12.4. The molecule has 0 aromatic heterocycles. The van der Waals surface area contributed by atoms with Crippen molar-refractivity contribution in [2.45, 2.75) is 61.7 Å². The minimum atomic E-state index is -0.334. The topological polar surface area (TPSA) is 35.5 Å². The maximum absolute atomic E-state index is 11.3. The standard InChI is InChI=1S/C15H26O3S2/c1-14(17-9-10-18-14)7-4-2-3-5-8-15(13-16)19-11-6-12-20-15/h13H,2-12H2,1H3. The smallest absolute Gasteiger partial charge is 0.165 e. The molecule has 0 unspecified atom stereocenters. The van der Waals surface area contributed by atoms with Crippen LogP contribution in [0.5, 0.6) is 0 Å². The largest absolute Gasteiger partial charge is 0.348 e. The summed E-state index contributed by atoms with van der Waals surface area (Å²) in [6, 6.07) is 0. The lowest BCUT2D eigenvalue weighted by atomic mass is 10.1. The van der Waals surface area contributed by atoms with Gasteiger partial charge in [0.1, 0.15) is 10.4 Å². The first kappa shape index (κ1) is 16.7. The van der Waals surface area contributed by atoms with E-state index in [4.69, 9.17) is 9.47 Å². The molecule has 116 valence electrons. The highest BCUT2D eigenvalue weighted by molar-refractivity contribution is 8.19. The van der Waals surface area contributed by atoms with Gasteiger partial charge in [0.15, 0.2) is 5.79 Å². The first-order valence-electron chi connectivity index (χ1n) is 7.70. The van der Waals surface area contributed by atoms with Crippen LogP contribution in [-0.2, 0) is 14.3 Å². The summed E-state index contributed by atoms with van der Waals surface area (Å²) in [6.45, 7) is 3.50. The minimum Gasteiger partial charge on any atom is -0.348 e. The molecule has 2 fully saturated rings. The van der Waals surface area contributed by atoms with Crippen molar-refractivity contribution in [2.75, 3.05) is 24.7 Å². The lowest BCUT2D eigenvalue weighted by molar-refractivity contribution is -0.147. The molecule has 0 aromatic carbocycles. The molecule has 2 aliphatic rings. The molecule has 0 radical (unpaired) electrons. The van der Waals surface area contributed by atoms with E-state index in [2.05, 4.69) is 0 Å². The molecule has 0 N–H and O–H groups in total. The van der Waals surface area contributed by atoms with Gasteiger partial charge in [0.2, 0.25) is 0 Å². The SMILES string of the molecule is CC1(CCCCCCC2(C=O)SCCCS2)OCCO1. The van der Waals surface area contributed by atoms with Gasteiger partial charge in [-0.15, -0.1) is 23.5 Å². The zero-order chi connectivity index (χ0) is 14.3. The number of hydrogen-bond acceptors (Lipinski definition) is 5. The van der Waals surface area contributed by atoms with Gasteiger partial charge in [-0.25, -0.2) is 0 Å². The van der Waals surface area contributed by atoms with Gasteiger partial charge in [0.05, 0.1) is 13.2 Å². The fourth-order valence-corrected chi connectivity index (χ4v) is 5.73. The predicted octanol–water partition coefficient (Wildman–Crippen LogP) is 3.86. The van der Waals surface area contributed by atoms with Crippen molar-refractivity contribution in [3.63, 3.8) is 0 Å². The van der Waals surface area contributed by atoms with Crippen LogP contribution < -0.4 is 0 Å². The fraction of sp³-hybridized carbons (Fsp3) is 0.933. The second-order valence-corrected chi connectivity index (χ2v) is 8.83. The molecular formula is C15H26O3S2. The Labute approximate surface area is 130 Å². The third-order valence-corrected chi connectivity index (χ3v) is 7.24. The predicted molar refractivity (Wildman–Crippen MR) is 86.3 cm³/mol. The lowest BCUT2D eigenvalue weighted by Gasteiger charge is -2.30. The van der Waals surface area contributed by atoms with Crippen LogP contribution in [0.1, 0.15) is 51.9 Å². The highest BCUT2D eigenvalue weighted by Gasteiger charge is 2.33. The van der Waals surface area contributed by atoms with Crippen LogP contribution in [-0.4, -0.2) is 40.9 Å². The van der Waals surface area contributed by atoms with E-state index in [0.717, 1.165) is 50.4 Å². The van der Waals surface area contributed by atoms with E-state index >= 15 is 0 Å². The van der Waals surface area contributed by atoms with Crippen molar-refractivity contribution in [1.29, 1.82) is 0 Å². The maximum atomic E-state index is 11.3. The summed E-state index contributed by atoms with van der Waals surface area (Å²) in [7, 11) is 0. The number of carbonyl (C=O) groups excluding carboxylic acids is 1. The molecule has 20 heavy (non-hydrogen) atoms. The molecule has 0 aromatic rings. The molecule has 2 heterocycles. The molecular weight excluding hydrogens is 292 g/mol. The van der Waals surface area contributed by atoms with Crippen LogP contribution in [0.15, 0.2) is 0 Å². The molecule has 5 heteroatoms. The number of rotatable bonds is 8. The van der Waals surface area contributed by atoms with Crippen molar-refractivity contribution in [3.8, 4) is 0 Å². The van der Waals surface area contributed by atoms with Crippen LogP contribution >= 0.6 is 23.5 Å². The minimum absolute atomic E-state index is 0.137. The lowest BCUT2D eigenvalue weighted by Crippen LogP contribution is -2.26. The van der Waals surface area contributed by atoms with Gasteiger partial charge in [-0.05, 0) is 37.7 Å². The van der Waals surface area contributed by atoms with Crippen molar-refractivity contribution < 1.29 is 14.3 Å². The van der Waals surface area contributed by atoms with Crippen molar-refractivity contribution in [1.82, 2.24) is 0 Å². The Bertz CT molecular complexity index is 297. The Balaban J connectivity index is 1.55. The number of thioether (sulfide) groups is 2. The Kier molecular flexibility index (Phi) is 6.72. The quantitative estimate of drug-likeness (QED) is 0.502. The molecule has 0 bridgehead atoms. The van der Waals surface area contributed by atoms with E-state index in [0.29, 0.717) is 0 Å². The first-order valence-corrected chi connectivity index (χ1v) is 9.67. The first-order chi connectivity index (χ1) is 9.68. The molecule has 0 atom stereocenters. The normalized spacial score (nSPS) is 24.6. The Hall–Kier alpha value is 0.290. The number of hydrogen-bond donors (Lipinski definition) is 0. The highest BCUT2D eigenvalue weighted by atomic mass is 32.2. The van der Waals surface area contributed by atoms with Crippen molar-refractivity contribution in [2.24, 2.45) is 0 Å². The second kappa shape index (κ2) is 8.06. The Morgan fingerprint density at radius 3 is 2.20 bits per heavy atom. The summed E-state index contributed by atoms with van der Waals surface area (Å²) in [5.74, 6) is 1.94.